The number of nitrogens with zero attached hydrogens (tertiary/aromatic N) is 5. The normalized spacial score (nSPS) is 11.3. The third-order valence-corrected chi connectivity index (χ3v) is 2.85. The summed E-state index contributed by atoms with van der Waals surface area (Å²) in [5, 5.41) is 12.9. The van der Waals surface area contributed by atoms with Crippen LogP contribution in [-0.2, 0) is 0 Å². The van der Waals surface area contributed by atoms with Crippen molar-refractivity contribution >= 4 is 17.8 Å². The molecule has 20 heavy (non-hydrogen) atoms. The number of aliphatic hydroxyl groups is 1. The van der Waals surface area contributed by atoms with Crippen LogP contribution in [0.25, 0.3) is 0 Å². The van der Waals surface area contributed by atoms with Crippen molar-refractivity contribution in [3.63, 3.8) is 0 Å². The van der Waals surface area contributed by atoms with E-state index in [9.17, 15) is 5.11 Å². The Morgan fingerprint density at radius 1 is 1.10 bits per heavy atom. The van der Waals surface area contributed by atoms with E-state index in [0.717, 1.165) is 13.1 Å². The second kappa shape index (κ2) is 6.69. The van der Waals surface area contributed by atoms with Gasteiger partial charge in [-0.3, -0.25) is 0 Å². The molecular formula is C13H26N6O. The molecule has 1 aromatic rings. The summed E-state index contributed by atoms with van der Waals surface area (Å²) in [4.78, 5) is 17.1. The number of aromatic nitrogens is 3. The second-order valence-electron chi connectivity index (χ2n) is 5.35. The van der Waals surface area contributed by atoms with E-state index in [1.807, 2.05) is 11.9 Å². The van der Waals surface area contributed by atoms with Gasteiger partial charge in [-0.1, -0.05) is 0 Å². The molecule has 0 radical (unpaired) electrons. The van der Waals surface area contributed by atoms with Gasteiger partial charge in [0, 0.05) is 33.7 Å². The van der Waals surface area contributed by atoms with Crippen molar-refractivity contribution in [1.29, 1.82) is 0 Å². The van der Waals surface area contributed by atoms with Crippen LogP contribution in [0.15, 0.2) is 0 Å². The molecule has 114 valence electrons. The number of hydrogen-bond acceptors (Lipinski definition) is 7. The summed E-state index contributed by atoms with van der Waals surface area (Å²) in [5.41, 5.74) is -0.809. The van der Waals surface area contributed by atoms with Gasteiger partial charge in [0.15, 0.2) is 0 Å². The fraction of sp³-hybridized carbons (Fsp3) is 0.769. The Bertz CT molecular complexity index is 427. The summed E-state index contributed by atoms with van der Waals surface area (Å²) in [7, 11) is 3.64. The number of hydrogen-bond donors (Lipinski definition) is 2. The van der Waals surface area contributed by atoms with Crippen molar-refractivity contribution in [2.45, 2.75) is 33.3 Å². The van der Waals surface area contributed by atoms with Gasteiger partial charge in [0.2, 0.25) is 17.8 Å². The minimum absolute atomic E-state index is 0.442. The lowest BCUT2D eigenvalue weighted by Crippen LogP contribution is -2.37. The molecular weight excluding hydrogens is 256 g/mol. The zero-order valence-corrected chi connectivity index (χ0v) is 13.3. The van der Waals surface area contributed by atoms with Crippen LogP contribution in [0.1, 0.15) is 27.7 Å². The van der Waals surface area contributed by atoms with Gasteiger partial charge >= 0.3 is 0 Å². The Morgan fingerprint density at radius 3 is 2.10 bits per heavy atom. The zero-order valence-electron chi connectivity index (χ0n) is 13.3. The lowest BCUT2D eigenvalue weighted by Gasteiger charge is -2.27. The first-order valence-electron chi connectivity index (χ1n) is 6.93. The number of anilines is 3. The van der Waals surface area contributed by atoms with E-state index in [-0.39, 0.29) is 0 Å². The summed E-state index contributed by atoms with van der Waals surface area (Å²) in [6, 6.07) is 0. The molecule has 1 aromatic heterocycles. The molecule has 0 amide bonds. The maximum absolute atomic E-state index is 9.91. The maximum atomic E-state index is 9.91. The predicted octanol–water partition coefficient (Wildman–Crippen LogP) is 0.967. The van der Waals surface area contributed by atoms with E-state index in [4.69, 9.17) is 0 Å². The van der Waals surface area contributed by atoms with E-state index >= 15 is 0 Å². The first-order valence-corrected chi connectivity index (χ1v) is 6.93. The van der Waals surface area contributed by atoms with Crippen LogP contribution < -0.4 is 15.1 Å². The van der Waals surface area contributed by atoms with Gasteiger partial charge in [-0.2, -0.15) is 15.0 Å². The molecule has 0 fully saturated rings. The molecule has 0 saturated carbocycles. The highest BCUT2D eigenvalue weighted by Crippen LogP contribution is 2.17. The first-order chi connectivity index (χ1) is 9.30. The third kappa shape index (κ3) is 4.48. The van der Waals surface area contributed by atoms with Crippen molar-refractivity contribution in [3.05, 3.63) is 0 Å². The number of likely N-dealkylation sites (N-methyl/N-ethyl adjacent to an activating group) is 1. The van der Waals surface area contributed by atoms with E-state index in [1.54, 1.807) is 20.9 Å². The molecule has 0 aromatic carbocycles. The molecule has 2 N–H and O–H groups in total. The molecule has 1 heterocycles. The fourth-order valence-electron chi connectivity index (χ4n) is 1.94. The minimum Gasteiger partial charge on any atom is -0.389 e. The molecule has 1 rings (SSSR count). The predicted molar refractivity (Wildman–Crippen MR) is 82.5 cm³/mol. The zero-order chi connectivity index (χ0) is 15.3. The Balaban J connectivity index is 3.10. The molecule has 0 aliphatic rings. The van der Waals surface area contributed by atoms with Gasteiger partial charge in [0.25, 0.3) is 0 Å². The molecule has 0 spiro atoms. The fourth-order valence-corrected chi connectivity index (χ4v) is 1.94. The number of nitrogens with one attached hydrogen (secondary N) is 1. The van der Waals surface area contributed by atoms with Gasteiger partial charge in [-0.25, -0.2) is 0 Å². The summed E-state index contributed by atoms with van der Waals surface area (Å²) < 4.78 is 0. The highest BCUT2D eigenvalue weighted by Gasteiger charge is 2.19. The molecule has 7 nitrogen and oxygen atoms in total. The van der Waals surface area contributed by atoms with Crippen LogP contribution in [0.2, 0.25) is 0 Å². The summed E-state index contributed by atoms with van der Waals surface area (Å²) in [6.45, 7) is 9.75. The quantitative estimate of drug-likeness (QED) is 0.771. The highest BCUT2D eigenvalue weighted by atomic mass is 16.3. The average molecular weight is 282 g/mol. The van der Waals surface area contributed by atoms with E-state index in [1.165, 1.54) is 0 Å². The third-order valence-electron chi connectivity index (χ3n) is 2.85. The largest absolute Gasteiger partial charge is 0.389 e. The number of rotatable bonds is 7. The van der Waals surface area contributed by atoms with Crippen molar-refractivity contribution in [1.82, 2.24) is 15.0 Å². The van der Waals surface area contributed by atoms with Crippen molar-refractivity contribution in [2.75, 3.05) is 48.8 Å². The minimum atomic E-state index is -0.809. The van der Waals surface area contributed by atoms with Gasteiger partial charge in [-0.05, 0) is 27.7 Å². The van der Waals surface area contributed by atoms with Crippen LogP contribution in [-0.4, -0.2) is 59.4 Å². The van der Waals surface area contributed by atoms with E-state index in [2.05, 4.69) is 39.0 Å². The molecule has 0 aliphatic heterocycles. The molecule has 0 aliphatic carbocycles. The van der Waals surface area contributed by atoms with Gasteiger partial charge in [0.05, 0.1) is 5.60 Å². The summed E-state index contributed by atoms with van der Waals surface area (Å²) >= 11 is 0. The van der Waals surface area contributed by atoms with Crippen LogP contribution in [0, 0.1) is 0 Å². The SMILES string of the molecule is CCN(CC)c1nc(NC)nc(N(C)CC(C)(C)O)n1. The topological polar surface area (TPSA) is 77.4 Å². The van der Waals surface area contributed by atoms with E-state index < -0.39 is 5.60 Å². The van der Waals surface area contributed by atoms with Gasteiger partial charge in [0.1, 0.15) is 0 Å². The van der Waals surface area contributed by atoms with Crippen LogP contribution >= 0.6 is 0 Å². The molecule has 0 saturated heterocycles. The highest BCUT2D eigenvalue weighted by molar-refractivity contribution is 5.44. The van der Waals surface area contributed by atoms with Crippen molar-refractivity contribution < 1.29 is 5.11 Å². The van der Waals surface area contributed by atoms with Gasteiger partial charge < -0.3 is 20.2 Å². The van der Waals surface area contributed by atoms with Crippen molar-refractivity contribution in [2.24, 2.45) is 0 Å². The van der Waals surface area contributed by atoms with Crippen LogP contribution in [0.3, 0.4) is 0 Å². The molecule has 7 heteroatoms. The van der Waals surface area contributed by atoms with Crippen LogP contribution in [0.4, 0.5) is 17.8 Å². The summed E-state index contributed by atoms with van der Waals surface area (Å²) in [5.74, 6) is 1.72. The maximum Gasteiger partial charge on any atom is 0.231 e. The first kappa shape index (κ1) is 16.4. The molecule has 0 bridgehead atoms. The Labute approximate surface area is 121 Å². The molecule has 0 atom stereocenters. The average Bonchev–Trinajstić information content (AvgIpc) is 2.37. The van der Waals surface area contributed by atoms with E-state index in [0.29, 0.717) is 24.4 Å². The molecule has 0 unspecified atom stereocenters. The van der Waals surface area contributed by atoms with Crippen molar-refractivity contribution in [3.8, 4) is 0 Å². The van der Waals surface area contributed by atoms with Gasteiger partial charge in [-0.15, -0.1) is 0 Å². The Morgan fingerprint density at radius 2 is 1.65 bits per heavy atom. The Hall–Kier alpha value is -1.63. The van der Waals surface area contributed by atoms with Crippen LogP contribution in [0.5, 0.6) is 0 Å². The Kier molecular flexibility index (Phi) is 5.50. The lowest BCUT2D eigenvalue weighted by atomic mass is 10.1. The lowest BCUT2D eigenvalue weighted by molar-refractivity contribution is 0.0883. The smallest absolute Gasteiger partial charge is 0.231 e. The monoisotopic (exact) mass is 282 g/mol. The second-order valence-corrected chi connectivity index (χ2v) is 5.35. The standard InChI is InChI=1S/C13H26N6O/c1-7-19(8-2)12-16-10(14-5)15-11(17-12)18(6)9-13(3,4)20/h20H,7-9H2,1-6H3,(H,14,15,16,17). The summed E-state index contributed by atoms with van der Waals surface area (Å²) in [6.07, 6.45) is 0.